The average Bonchev–Trinajstić information content (AvgIpc) is 3.32. The quantitative estimate of drug-likeness (QED) is 0.338. The van der Waals surface area contributed by atoms with Gasteiger partial charge in [-0.1, -0.05) is 39.0 Å². The number of hydrogen-bond donors (Lipinski definition) is 0. The van der Waals surface area contributed by atoms with Crippen molar-refractivity contribution >= 4 is 25.2 Å². The molecule has 0 aliphatic rings. The Kier molecular flexibility index (Phi) is 6.76. The van der Waals surface area contributed by atoms with E-state index in [1.165, 1.54) is 23.6 Å². The Bertz CT molecular complexity index is 1050. The molecule has 2 heterocycles. The van der Waals surface area contributed by atoms with Gasteiger partial charge in [-0.2, -0.15) is 0 Å². The van der Waals surface area contributed by atoms with Crippen molar-refractivity contribution in [2.24, 2.45) is 0 Å². The van der Waals surface area contributed by atoms with Crippen LogP contribution in [0.4, 0.5) is 0 Å². The van der Waals surface area contributed by atoms with Crippen molar-refractivity contribution in [1.82, 2.24) is 14.1 Å². The van der Waals surface area contributed by atoms with Crippen molar-refractivity contribution in [3.05, 3.63) is 54.2 Å². The van der Waals surface area contributed by atoms with Crippen molar-refractivity contribution < 1.29 is 14.0 Å². The van der Waals surface area contributed by atoms with Gasteiger partial charge in [-0.15, -0.1) is 0 Å². The highest BCUT2D eigenvalue weighted by Crippen LogP contribution is 2.37. The second-order valence-corrected chi connectivity index (χ2v) is 14.5. The molecule has 0 saturated heterocycles. The number of aromatic nitrogens is 3. The molecule has 0 radical (unpaired) electrons. The Morgan fingerprint density at radius 1 is 1.19 bits per heavy atom. The Labute approximate surface area is 186 Å². The second-order valence-electron chi connectivity index (χ2n) is 9.73. The monoisotopic (exact) mass is 441 g/mol. The highest BCUT2D eigenvalue weighted by Gasteiger charge is 2.37. The van der Waals surface area contributed by atoms with Gasteiger partial charge in [0.15, 0.2) is 14.0 Å². The topological polar surface area (TPSA) is 58.3 Å². The summed E-state index contributed by atoms with van der Waals surface area (Å²) in [5.74, 6) is -0.421. The van der Waals surface area contributed by atoms with Gasteiger partial charge in [0.2, 0.25) is 0 Å². The number of imidazole rings is 1. The summed E-state index contributed by atoms with van der Waals surface area (Å²) in [6.45, 7) is 14.9. The van der Waals surface area contributed by atoms with Gasteiger partial charge in [-0.25, -0.2) is 9.78 Å². The maximum Gasteiger partial charge on any atom is 0.358 e. The van der Waals surface area contributed by atoms with E-state index >= 15 is 0 Å². The van der Waals surface area contributed by atoms with Gasteiger partial charge < -0.3 is 18.3 Å². The van der Waals surface area contributed by atoms with Gasteiger partial charge in [0.05, 0.1) is 26.1 Å². The summed E-state index contributed by atoms with van der Waals surface area (Å²) in [6, 6.07) is 8.55. The summed E-state index contributed by atoms with van der Waals surface area (Å²) in [5.41, 5.74) is 2.84. The van der Waals surface area contributed by atoms with Gasteiger partial charge in [-0.3, -0.25) is 0 Å². The van der Waals surface area contributed by atoms with Gasteiger partial charge in [0, 0.05) is 29.8 Å². The van der Waals surface area contributed by atoms with Gasteiger partial charge in [-0.05, 0) is 43.1 Å². The van der Waals surface area contributed by atoms with E-state index in [2.05, 4.69) is 80.8 Å². The van der Waals surface area contributed by atoms with Gasteiger partial charge >= 0.3 is 5.97 Å². The van der Waals surface area contributed by atoms with Crippen LogP contribution in [0.5, 0.6) is 0 Å². The third kappa shape index (κ3) is 5.10. The van der Waals surface area contributed by atoms with Crippen molar-refractivity contribution in [1.29, 1.82) is 0 Å². The Balaban J connectivity index is 1.83. The fourth-order valence-corrected chi connectivity index (χ4v) is 4.53. The average molecular weight is 442 g/mol. The molecule has 0 amide bonds. The molecule has 1 aromatic carbocycles. The minimum absolute atomic E-state index is 0.0708. The van der Waals surface area contributed by atoms with Gasteiger partial charge in [0.1, 0.15) is 0 Å². The SMILES string of the molecule is COC(=O)c1cn(C(CCn2cc(C)c3ccccc32)CO[Si](C)(C)C(C)(C)C)cn1. The van der Waals surface area contributed by atoms with E-state index in [0.717, 1.165) is 13.0 Å². The summed E-state index contributed by atoms with van der Waals surface area (Å²) in [7, 11) is -0.529. The Hall–Kier alpha value is -2.38. The smallest absolute Gasteiger partial charge is 0.358 e. The number of benzene rings is 1. The van der Waals surface area contributed by atoms with Crippen molar-refractivity contribution in [3.8, 4) is 0 Å². The molecule has 2 aromatic heterocycles. The molecular weight excluding hydrogens is 406 g/mol. The maximum absolute atomic E-state index is 11.9. The van der Waals surface area contributed by atoms with E-state index in [4.69, 9.17) is 9.16 Å². The molecule has 0 fully saturated rings. The molecule has 1 atom stereocenters. The summed E-state index contributed by atoms with van der Waals surface area (Å²) in [5, 5.41) is 1.42. The maximum atomic E-state index is 11.9. The van der Waals surface area contributed by atoms with E-state index in [9.17, 15) is 4.79 Å². The predicted octanol–water partition coefficient (Wildman–Crippen LogP) is 5.59. The van der Waals surface area contributed by atoms with Crippen LogP contribution in [0, 0.1) is 6.92 Å². The second kappa shape index (κ2) is 9.00. The van der Waals surface area contributed by atoms with Crippen LogP contribution in [0.15, 0.2) is 43.0 Å². The first-order valence-corrected chi connectivity index (χ1v) is 13.7. The zero-order valence-electron chi connectivity index (χ0n) is 19.8. The summed E-state index contributed by atoms with van der Waals surface area (Å²) in [6.07, 6.45) is 6.56. The third-order valence-electron chi connectivity index (χ3n) is 6.55. The standard InChI is InChI=1S/C24H35N3O3Si/c1-18-14-26(22-11-9-8-10-20(18)22)13-12-19(16-30-31(6,7)24(2,3)4)27-15-21(25-17-27)23(28)29-5/h8-11,14-15,17,19H,12-13,16H2,1-7H3. The van der Waals surface area contributed by atoms with E-state index in [0.29, 0.717) is 12.3 Å². The van der Waals surface area contributed by atoms with Crippen LogP contribution >= 0.6 is 0 Å². The summed E-state index contributed by atoms with van der Waals surface area (Å²) < 4.78 is 15.7. The van der Waals surface area contributed by atoms with Crippen LogP contribution in [0.25, 0.3) is 10.9 Å². The molecule has 3 aromatic rings. The molecule has 168 valence electrons. The highest BCUT2D eigenvalue weighted by atomic mass is 28.4. The van der Waals surface area contributed by atoms with Crippen molar-refractivity contribution in [2.75, 3.05) is 13.7 Å². The van der Waals surface area contributed by atoms with Crippen LogP contribution in [-0.2, 0) is 15.7 Å². The number of fused-ring (bicyclic) bond motifs is 1. The Morgan fingerprint density at radius 2 is 1.90 bits per heavy atom. The molecule has 6 nitrogen and oxygen atoms in total. The molecule has 7 heteroatoms. The zero-order valence-corrected chi connectivity index (χ0v) is 20.8. The summed E-state index contributed by atoms with van der Waals surface area (Å²) in [4.78, 5) is 16.1. The highest BCUT2D eigenvalue weighted by molar-refractivity contribution is 6.74. The number of ether oxygens (including phenoxy) is 1. The lowest BCUT2D eigenvalue weighted by Gasteiger charge is -2.37. The van der Waals surface area contributed by atoms with Crippen LogP contribution in [0.3, 0.4) is 0 Å². The van der Waals surface area contributed by atoms with Crippen molar-refractivity contribution in [3.63, 3.8) is 0 Å². The largest absolute Gasteiger partial charge is 0.464 e. The number of rotatable bonds is 8. The first-order valence-electron chi connectivity index (χ1n) is 10.8. The molecule has 3 rings (SSSR count). The minimum Gasteiger partial charge on any atom is -0.464 e. The lowest BCUT2D eigenvalue weighted by atomic mass is 10.2. The zero-order chi connectivity index (χ0) is 22.8. The number of esters is 1. The van der Waals surface area contributed by atoms with Crippen LogP contribution in [-0.4, -0.2) is 42.1 Å². The molecule has 0 N–H and O–H groups in total. The van der Waals surface area contributed by atoms with Crippen LogP contribution in [0.2, 0.25) is 18.1 Å². The van der Waals surface area contributed by atoms with E-state index < -0.39 is 14.3 Å². The van der Waals surface area contributed by atoms with Gasteiger partial charge in [0.25, 0.3) is 0 Å². The lowest BCUT2D eigenvalue weighted by Crippen LogP contribution is -2.42. The van der Waals surface area contributed by atoms with Crippen LogP contribution in [0.1, 0.15) is 49.3 Å². The summed E-state index contributed by atoms with van der Waals surface area (Å²) >= 11 is 0. The molecule has 0 aliphatic carbocycles. The number of nitrogens with zero attached hydrogens (tertiary/aromatic N) is 3. The fraction of sp³-hybridized carbons (Fsp3) is 0.500. The first kappa shape index (κ1) is 23.3. The molecular formula is C24H35N3O3Si. The Morgan fingerprint density at radius 3 is 2.58 bits per heavy atom. The number of aryl methyl sites for hydroxylation is 2. The number of hydrogen-bond acceptors (Lipinski definition) is 4. The molecule has 0 aliphatic heterocycles. The van der Waals surface area contributed by atoms with E-state index in [-0.39, 0.29) is 11.1 Å². The third-order valence-corrected chi connectivity index (χ3v) is 11.1. The number of carbonyl (C=O) groups excluding carboxylic acids is 1. The minimum atomic E-state index is -1.90. The molecule has 0 bridgehead atoms. The molecule has 0 saturated carbocycles. The number of methoxy groups -OCH3 is 1. The van der Waals surface area contributed by atoms with Crippen LogP contribution < -0.4 is 0 Å². The number of carbonyl (C=O) groups is 1. The predicted molar refractivity (Wildman–Crippen MR) is 127 cm³/mol. The molecule has 0 spiro atoms. The van der Waals surface area contributed by atoms with E-state index in [1.807, 2.05) is 4.57 Å². The van der Waals surface area contributed by atoms with Crippen molar-refractivity contribution in [2.45, 2.75) is 64.8 Å². The first-order chi connectivity index (χ1) is 14.5. The lowest BCUT2D eigenvalue weighted by molar-refractivity contribution is 0.0594. The fourth-order valence-electron chi connectivity index (χ4n) is 3.49. The molecule has 31 heavy (non-hydrogen) atoms. The molecule has 1 unspecified atom stereocenters. The normalized spacial score (nSPS) is 13.5. The number of para-hydroxylation sites is 1. The van der Waals surface area contributed by atoms with E-state index in [1.54, 1.807) is 12.5 Å².